The van der Waals surface area contributed by atoms with Gasteiger partial charge in [0.05, 0.1) is 6.33 Å². The zero-order valence-corrected chi connectivity index (χ0v) is 15.7. The van der Waals surface area contributed by atoms with Gasteiger partial charge in [-0.15, -0.1) is 0 Å². The van der Waals surface area contributed by atoms with Crippen molar-refractivity contribution in [3.05, 3.63) is 48.0 Å². The van der Waals surface area contributed by atoms with Gasteiger partial charge in [-0.05, 0) is 51.0 Å². The van der Waals surface area contributed by atoms with Crippen molar-refractivity contribution in [1.82, 2.24) is 19.8 Å². The Kier molecular flexibility index (Phi) is 6.28. The zero-order valence-electron chi connectivity index (χ0n) is 15.7. The molecule has 2 N–H and O–H groups in total. The smallest absolute Gasteiger partial charge is 0.253 e. The maximum atomic E-state index is 12.4. The molecule has 0 unspecified atom stereocenters. The van der Waals surface area contributed by atoms with Crippen LogP contribution in [-0.4, -0.2) is 57.9 Å². The fourth-order valence-corrected chi connectivity index (χ4v) is 3.49. The fraction of sp³-hybridized carbons (Fsp3) is 0.500. The summed E-state index contributed by atoms with van der Waals surface area (Å²) < 4.78 is 0. The molecule has 0 bridgehead atoms. The molecule has 1 aliphatic heterocycles. The number of benzene rings is 1. The molecule has 1 aliphatic rings. The van der Waals surface area contributed by atoms with Crippen LogP contribution in [0.1, 0.15) is 42.7 Å². The third-order valence-corrected chi connectivity index (χ3v) is 5.09. The summed E-state index contributed by atoms with van der Waals surface area (Å²) in [5.74, 6) is 0.105. The topological polar surface area (TPSA) is 64.3 Å². The van der Waals surface area contributed by atoms with Gasteiger partial charge < -0.3 is 15.2 Å². The first-order valence-corrected chi connectivity index (χ1v) is 9.55. The normalized spacial score (nSPS) is 15.8. The standard InChI is InChI=1S/C20H29N5O/c1-3-25(4-2)20(26)16-5-7-17(8-6-16)23-18-9-11-24(12-10-18)14-19-13-21-15-22-19/h5-8,13,15,18,23H,3-4,9-12,14H2,1-2H3,(H,21,22). The van der Waals surface area contributed by atoms with Gasteiger partial charge in [0.15, 0.2) is 0 Å². The van der Waals surface area contributed by atoms with Crippen LogP contribution in [0.5, 0.6) is 0 Å². The average molecular weight is 355 g/mol. The van der Waals surface area contributed by atoms with Crippen molar-refractivity contribution in [2.24, 2.45) is 0 Å². The third-order valence-electron chi connectivity index (χ3n) is 5.09. The number of aromatic amines is 1. The van der Waals surface area contributed by atoms with E-state index in [1.54, 1.807) is 6.33 Å². The number of amides is 1. The quantitative estimate of drug-likeness (QED) is 0.801. The molecule has 1 fully saturated rings. The number of piperidine rings is 1. The minimum atomic E-state index is 0.105. The highest BCUT2D eigenvalue weighted by Gasteiger charge is 2.19. The molecule has 0 aliphatic carbocycles. The van der Waals surface area contributed by atoms with Crippen molar-refractivity contribution in [3.63, 3.8) is 0 Å². The Hall–Kier alpha value is -2.34. The van der Waals surface area contributed by atoms with Gasteiger partial charge >= 0.3 is 0 Å². The highest BCUT2D eigenvalue weighted by atomic mass is 16.2. The van der Waals surface area contributed by atoms with Crippen molar-refractivity contribution in [2.45, 2.75) is 39.3 Å². The molecule has 1 aromatic carbocycles. The Balaban J connectivity index is 1.48. The Morgan fingerprint density at radius 1 is 1.23 bits per heavy atom. The summed E-state index contributed by atoms with van der Waals surface area (Å²) in [5, 5.41) is 3.61. The summed E-state index contributed by atoms with van der Waals surface area (Å²) >= 11 is 0. The first kappa shape index (κ1) is 18.5. The summed E-state index contributed by atoms with van der Waals surface area (Å²) in [5.41, 5.74) is 3.02. The van der Waals surface area contributed by atoms with Crippen molar-refractivity contribution >= 4 is 11.6 Å². The van der Waals surface area contributed by atoms with Gasteiger partial charge in [0.25, 0.3) is 5.91 Å². The highest BCUT2D eigenvalue weighted by Crippen LogP contribution is 2.19. The lowest BCUT2D eigenvalue weighted by Crippen LogP contribution is -2.38. The number of likely N-dealkylation sites (tertiary alicyclic amines) is 1. The van der Waals surface area contributed by atoms with Gasteiger partial charge in [-0.3, -0.25) is 9.69 Å². The van der Waals surface area contributed by atoms with Crippen LogP contribution in [0.4, 0.5) is 5.69 Å². The number of nitrogens with zero attached hydrogens (tertiary/aromatic N) is 3. The number of imidazole rings is 1. The van der Waals surface area contributed by atoms with E-state index in [0.717, 1.165) is 56.8 Å². The van der Waals surface area contributed by atoms with Gasteiger partial charge in [0, 0.05) is 61.9 Å². The van der Waals surface area contributed by atoms with Crippen molar-refractivity contribution in [2.75, 3.05) is 31.5 Å². The van der Waals surface area contributed by atoms with Gasteiger partial charge in [-0.2, -0.15) is 0 Å². The third kappa shape index (κ3) is 4.64. The van der Waals surface area contributed by atoms with Crippen LogP contribution in [0, 0.1) is 0 Å². The molecule has 1 saturated heterocycles. The van der Waals surface area contributed by atoms with Crippen LogP contribution in [0.2, 0.25) is 0 Å². The number of rotatable bonds is 7. The predicted octanol–water partition coefficient (Wildman–Crippen LogP) is 2.97. The second-order valence-electron chi connectivity index (χ2n) is 6.83. The van der Waals surface area contributed by atoms with E-state index >= 15 is 0 Å². The predicted molar refractivity (Wildman–Crippen MR) is 104 cm³/mol. The molecule has 0 spiro atoms. The molecule has 1 amide bonds. The lowest BCUT2D eigenvalue weighted by atomic mass is 10.0. The minimum Gasteiger partial charge on any atom is -0.382 e. The molecule has 140 valence electrons. The molecule has 0 radical (unpaired) electrons. The molecule has 6 nitrogen and oxygen atoms in total. The largest absolute Gasteiger partial charge is 0.382 e. The number of anilines is 1. The Bertz CT molecular complexity index is 671. The Labute approximate surface area is 155 Å². The minimum absolute atomic E-state index is 0.105. The van der Waals surface area contributed by atoms with E-state index in [2.05, 4.69) is 20.2 Å². The number of carbonyl (C=O) groups is 1. The lowest BCUT2D eigenvalue weighted by Gasteiger charge is -2.32. The number of H-pyrrole nitrogens is 1. The molecule has 2 heterocycles. The number of nitrogens with one attached hydrogen (secondary N) is 2. The van der Waals surface area contributed by atoms with Crippen molar-refractivity contribution in [3.8, 4) is 0 Å². The SMILES string of the molecule is CCN(CC)C(=O)c1ccc(NC2CCN(Cc3cnc[nH]3)CC2)cc1. The molecule has 1 aromatic heterocycles. The van der Waals surface area contributed by atoms with Crippen LogP contribution in [0.15, 0.2) is 36.8 Å². The average Bonchev–Trinajstić information content (AvgIpc) is 3.18. The van der Waals surface area contributed by atoms with Gasteiger partial charge in [0.2, 0.25) is 0 Å². The van der Waals surface area contributed by atoms with Gasteiger partial charge in [0.1, 0.15) is 0 Å². The van der Waals surface area contributed by atoms with E-state index in [0.29, 0.717) is 6.04 Å². The molecular weight excluding hydrogens is 326 g/mol. The number of hydrogen-bond acceptors (Lipinski definition) is 4. The number of carbonyl (C=O) groups excluding carboxylic acids is 1. The summed E-state index contributed by atoms with van der Waals surface area (Å²) in [7, 11) is 0. The molecule has 6 heteroatoms. The van der Waals surface area contributed by atoms with E-state index in [9.17, 15) is 4.79 Å². The Morgan fingerprint density at radius 3 is 2.50 bits per heavy atom. The van der Waals surface area contributed by atoms with Crippen molar-refractivity contribution in [1.29, 1.82) is 0 Å². The van der Waals surface area contributed by atoms with Crippen molar-refractivity contribution < 1.29 is 4.79 Å². The first-order chi connectivity index (χ1) is 12.7. The lowest BCUT2D eigenvalue weighted by molar-refractivity contribution is 0.0773. The van der Waals surface area contributed by atoms with Crippen LogP contribution in [-0.2, 0) is 6.54 Å². The number of hydrogen-bond donors (Lipinski definition) is 2. The molecular formula is C20H29N5O. The van der Waals surface area contributed by atoms with Gasteiger partial charge in [-0.1, -0.05) is 0 Å². The van der Waals surface area contributed by atoms with E-state index < -0.39 is 0 Å². The second-order valence-corrected chi connectivity index (χ2v) is 6.83. The van der Waals surface area contributed by atoms with E-state index in [1.165, 1.54) is 5.69 Å². The number of aromatic nitrogens is 2. The summed E-state index contributed by atoms with van der Waals surface area (Å²) in [4.78, 5) is 23.9. The molecule has 2 aromatic rings. The van der Waals surface area contributed by atoms with E-state index in [1.807, 2.05) is 49.2 Å². The summed E-state index contributed by atoms with van der Waals surface area (Å²) in [6, 6.07) is 8.38. The molecule has 3 rings (SSSR count). The molecule has 26 heavy (non-hydrogen) atoms. The second kappa shape index (κ2) is 8.85. The van der Waals surface area contributed by atoms with Crippen LogP contribution in [0.25, 0.3) is 0 Å². The monoisotopic (exact) mass is 355 g/mol. The van der Waals surface area contributed by atoms with Gasteiger partial charge in [-0.25, -0.2) is 4.98 Å². The summed E-state index contributed by atoms with van der Waals surface area (Å²) in [6.07, 6.45) is 5.87. The first-order valence-electron chi connectivity index (χ1n) is 9.55. The van der Waals surface area contributed by atoms with E-state index in [-0.39, 0.29) is 5.91 Å². The summed E-state index contributed by atoms with van der Waals surface area (Å²) in [6.45, 7) is 8.60. The maximum absolute atomic E-state index is 12.4. The van der Waals surface area contributed by atoms with Crippen LogP contribution in [0.3, 0.4) is 0 Å². The Morgan fingerprint density at radius 2 is 1.92 bits per heavy atom. The maximum Gasteiger partial charge on any atom is 0.253 e. The van der Waals surface area contributed by atoms with Crippen LogP contribution < -0.4 is 5.32 Å². The zero-order chi connectivity index (χ0) is 18.4. The van der Waals surface area contributed by atoms with E-state index in [4.69, 9.17) is 0 Å². The molecule has 0 saturated carbocycles. The highest BCUT2D eigenvalue weighted by molar-refractivity contribution is 5.94. The van der Waals surface area contributed by atoms with Crippen LogP contribution >= 0.6 is 0 Å². The molecule has 0 atom stereocenters. The fourth-order valence-electron chi connectivity index (χ4n) is 3.49.